The Bertz CT molecular complexity index is 1180. The predicted molar refractivity (Wildman–Crippen MR) is 129 cm³/mol. The number of carbonyl (C=O) groups is 1. The third-order valence-corrected chi connectivity index (χ3v) is 7.04. The highest BCUT2D eigenvalue weighted by atomic mass is 19.4. The van der Waals surface area contributed by atoms with Crippen molar-refractivity contribution in [3.8, 4) is 0 Å². The number of carbonyl (C=O) groups excluding carboxylic acids is 1. The van der Waals surface area contributed by atoms with Gasteiger partial charge >= 0.3 is 6.18 Å². The Kier molecular flexibility index (Phi) is 6.32. The van der Waals surface area contributed by atoms with E-state index in [2.05, 4.69) is 59.0 Å². The highest BCUT2D eigenvalue weighted by Gasteiger charge is 2.33. The molecule has 0 saturated carbocycles. The summed E-state index contributed by atoms with van der Waals surface area (Å²) in [5, 5.41) is 0. The van der Waals surface area contributed by atoms with E-state index in [0.29, 0.717) is 38.4 Å². The number of fused-ring (bicyclic) bond motifs is 1. The maximum atomic E-state index is 13.3. The van der Waals surface area contributed by atoms with Gasteiger partial charge in [0.1, 0.15) is 0 Å². The molecule has 35 heavy (non-hydrogen) atoms. The van der Waals surface area contributed by atoms with Crippen molar-refractivity contribution in [2.45, 2.75) is 25.7 Å². The molecule has 3 heterocycles. The Morgan fingerprint density at radius 1 is 0.914 bits per heavy atom. The molecule has 1 saturated heterocycles. The lowest BCUT2D eigenvalue weighted by molar-refractivity contribution is -0.137. The van der Waals surface area contributed by atoms with Crippen molar-refractivity contribution in [1.29, 1.82) is 0 Å². The average Bonchev–Trinajstić information content (AvgIpc) is 3.33. The maximum absolute atomic E-state index is 13.3. The minimum atomic E-state index is -4.36. The normalized spacial score (nSPS) is 19.0. The first-order valence-electron chi connectivity index (χ1n) is 12.0. The van der Waals surface area contributed by atoms with Gasteiger partial charge in [0, 0.05) is 56.8 Å². The van der Waals surface area contributed by atoms with Crippen molar-refractivity contribution in [3.05, 3.63) is 89.2 Å². The maximum Gasteiger partial charge on any atom is 0.416 e. The Balaban J connectivity index is 1.26. The van der Waals surface area contributed by atoms with Crippen LogP contribution in [0.4, 0.5) is 18.9 Å². The Morgan fingerprint density at radius 3 is 2.37 bits per heavy atom. The fraction of sp³-hybridized carbons (Fsp3) is 0.370. The highest BCUT2D eigenvalue weighted by molar-refractivity contribution is 5.78. The molecule has 5 nitrogen and oxygen atoms in total. The fourth-order valence-electron chi connectivity index (χ4n) is 5.10. The minimum Gasteiger partial charge on any atom is -0.368 e. The second-order valence-corrected chi connectivity index (χ2v) is 9.33. The molecule has 1 fully saturated rings. The number of amides is 1. The van der Waals surface area contributed by atoms with Crippen LogP contribution in [0.3, 0.4) is 0 Å². The van der Waals surface area contributed by atoms with Crippen LogP contribution < -0.4 is 4.90 Å². The van der Waals surface area contributed by atoms with E-state index in [-0.39, 0.29) is 11.9 Å². The average molecular weight is 483 g/mol. The molecule has 184 valence electrons. The lowest BCUT2D eigenvalue weighted by atomic mass is 9.99. The number of nitrogens with zero attached hydrogens (tertiary/aromatic N) is 4. The van der Waals surface area contributed by atoms with Crippen molar-refractivity contribution >= 4 is 11.6 Å². The number of alkyl halides is 3. The molecule has 0 spiro atoms. The van der Waals surface area contributed by atoms with Crippen LogP contribution in [0.15, 0.2) is 66.9 Å². The summed E-state index contributed by atoms with van der Waals surface area (Å²) in [4.78, 5) is 19.3. The van der Waals surface area contributed by atoms with Gasteiger partial charge in [-0.15, -0.1) is 0 Å². The summed E-state index contributed by atoms with van der Waals surface area (Å²) in [7, 11) is 0. The molecular weight excluding hydrogens is 453 g/mol. The van der Waals surface area contributed by atoms with Gasteiger partial charge < -0.3 is 14.4 Å². The van der Waals surface area contributed by atoms with Crippen molar-refractivity contribution in [1.82, 2.24) is 14.4 Å². The van der Waals surface area contributed by atoms with Gasteiger partial charge in [0.15, 0.2) is 0 Å². The van der Waals surface area contributed by atoms with Crippen molar-refractivity contribution in [2.24, 2.45) is 0 Å². The number of hydrogen-bond acceptors (Lipinski definition) is 3. The first-order chi connectivity index (χ1) is 16.8. The lowest BCUT2D eigenvalue weighted by Gasteiger charge is -2.40. The summed E-state index contributed by atoms with van der Waals surface area (Å²) in [6, 6.07) is 18.1. The van der Waals surface area contributed by atoms with E-state index in [1.165, 1.54) is 23.4 Å². The molecule has 0 aliphatic carbocycles. The Labute approximate surface area is 203 Å². The third kappa shape index (κ3) is 4.93. The highest BCUT2D eigenvalue weighted by Crippen LogP contribution is 2.33. The molecule has 8 heteroatoms. The number of piperazine rings is 1. The van der Waals surface area contributed by atoms with Crippen LogP contribution in [-0.2, 0) is 17.5 Å². The molecule has 1 amide bonds. The topological polar surface area (TPSA) is 31.7 Å². The van der Waals surface area contributed by atoms with Gasteiger partial charge in [-0.2, -0.15) is 13.2 Å². The van der Waals surface area contributed by atoms with Crippen LogP contribution in [0.2, 0.25) is 0 Å². The summed E-state index contributed by atoms with van der Waals surface area (Å²) < 4.78 is 41.5. The zero-order valence-corrected chi connectivity index (χ0v) is 19.7. The van der Waals surface area contributed by atoms with E-state index in [1.807, 2.05) is 9.80 Å². The number of rotatable bonds is 4. The number of hydrogen-bond donors (Lipinski definition) is 0. The van der Waals surface area contributed by atoms with Gasteiger partial charge in [-0.05, 0) is 42.8 Å². The Morgan fingerprint density at radius 2 is 1.66 bits per heavy atom. The molecule has 3 aromatic rings. The largest absolute Gasteiger partial charge is 0.416 e. The van der Waals surface area contributed by atoms with E-state index in [1.54, 1.807) is 6.07 Å². The van der Waals surface area contributed by atoms with Crippen molar-refractivity contribution in [2.75, 3.05) is 44.2 Å². The first kappa shape index (κ1) is 23.5. The molecule has 1 unspecified atom stereocenters. The smallest absolute Gasteiger partial charge is 0.368 e. The predicted octanol–water partition coefficient (Wildman–Crippen LogP) is 4.57. The third-order valence-electron chi connectivity index (χ3n) is 7.04. The van der Waals surface area contributed by atoms with E-state index in [9.17, 15) is 18.0 Å². The number of halogens is 3. The van der Waals surface area contributed by atoms with Gasteiger partial charge in [-0.1, -0.05) is 35.9 Å². The van der Waals surface area contributed by atoms with Crippen LogP contribution >= 0.6 is 0 Å². The SMILES string of the molecule is Cc1ccc(C2c3cccn3CCN2CC(=O)N2CCN(c3cccc(C(F)(F)F)c3)CC2)cc1. The first-order valence-corrected chi connectivity index (χ1v) is 12.0. The zero-order chi connectivity index (χ0) is 24.6. The standard InChI is InChI=1S/C27H29F3N4O/c1-20-7-9-21(10-8-20)26-24-6-3-11-32(24)14-17-34(26)19-25(35)33-15-12-31(13-16-33)23-5-2-4-22(18-23)27(28,29)30/h2-11,18,26H,12-17,19H2,1H3. The molecule has 0 bridgehead atoms. The summed E-state index contributed by atoms with van der Waals surface area (Å²) >= 11 is 0. The zero-order valence-electron chi connectivity index (χ0n) is 19.7. The van der Waals surface area contributed by atoms with Crippen LogP contribution in [0.1, 0.15) is 28.4 Å². The summed E-state index contributed by atoms with van der Waals surface area (Å²) in [6.07, 6.45) is -2.28. The molecule has 1 atom stereocenters. The van der Waals surface area contributed by atoms with E-state index in [4.69, 9.17) is 0 Å². The molecule has 1 aromatic heterocycles. The van der Waals surface area contributed by atoms with Gasteiger partial charge in [0.05, 0.1) is 18.2 Å². The van der Waals surface area contributed by atoms with Gasteiger partial charge in [0.2, 0.25) is 5.91 Å². The Hall–Kier alpha value is -3.26. The number of benzene rings is 2. The molecule has 0 radical (unpaired) electrons. The van der Waals surface area contributed by atoms with Gasteiger partial charge in [-0.3, -0.25) is 9.69 Å². The van der Waals surface area contributed by atoms with E-state index < -0.39 is 11.7 Å². The second kappa shape index (κ2) is 9.41. The summed E-state index contributed by atoms with van der Waals surface area (Å²) in [6.45, 7) is 6.00. The molecule has 0 N–H and O–H groups in total. The lowest BCUT2D eigenvalue weighted by Crippen LogP contribution is -2.52. The molecular formula is C27H29F3N4O. The van der Waals surface area contributed by atoms with Crippen LogP contribution in [0.25, 0.3) is 0 Å². The monoisotopic (exact) mass is 482 g/mol. The van der Waals surface area contributed by atoms with Crippen molar-refractivity contribution in [3.63, 3.8) is 0 Å². The van der Waals surface area contributed by atoms with Crippen molar-refractivity contribution < 1.29 is 18.0 Å². The molecule has 2 aromatic carbocycles. The van der Waals surface area contributed by atoms with Crippen LogP contribution in [0, 0.1) is 6.92 Å². The minimum absolute atomic E-state index is 0.00898. The summed E-state index contributed by atoms with van der Waals surface area (Å²) in [5.74, 6) is 0.0609. The molecule has 2 aliphatic heterocycles. The molecule has 5 rings (SSSR count). The molecule has 2 aliphatic rings. The second-order valence-electron chi connectivity index (χ2n) is 9.33. The number of anilines is 1. The van der Waals surface area contributed by atoms with Gasteiger partial charge in [0.25, 0.3) is 0 Å². The van der Waals surface area contributed by atoms with E-state index >= 15 is 0 Å². The summed E-state index contributed by atoms with van der Waals surface area (Å²) in [5.41, 5.74) is 3.44. The van der Waals surface area contributed by atoms with Gasteiger partial charge in [-0.25, -0.2) is 0 Å². The van der Waals surface area contributed by atoms with Crippen LogP contribution in [0.5, 0.6) is 0 Å². The number of aromatic nitrogens is 1. The number of aryl methyl sites for hydroxylation is 1. The van der Waals surface area contributed by atoms with Crippen LogP contribution in [-0.4, -0.2) is 59.5 Å². The fourth-order valence-corrected chi connectivity index (χ4v) is 5.10. The quantitative estimate of drug-likeness (QED) is 0.546. The van der Waals surface area contributed by atoms with E-state index in [0.717, 1.165) is 24.7 Å².